The maximum atomic E-state index is 11.6. The first-order valence-corrected chi connectivity index (χ1v) is 9.53. The molecule has 0 saturated carbocycles. The molecule has 4 heterocycles. The maximum absolute atomic E-state index is 11.6. The lowest BCUT2D eigenvalue weighted by Crippen LogP contribution is -2.43. The lowest BCUT2D eigenvalue weighted by atomic mass is 9.78. The summed E-state index contributed by atoms with van der Waals surface area (Å²) in [7, 11) is -3.60. The molecule has 4 rings (SSSR count). The molecular formula is C14H21ClN6O3S. The minimum atomic E-state index is -3.60. The Morgan fingerprint density at radius 2 is 1.84 bits per heavy atom. The second-order valence-electron chi connectivity index (χ2n) is 6.86. The fraction of sp³-hybridized carbons (Fsp3) is 0.643. The van der Waals surface area contributed by atoms with Crippen molar-refractivity contribution in [1.82, 2.24) is 14.3 Å². The molecule has 9 nitrogen and oxygen atoms in total. The van der Waals surface area contributed by atoms with Crippen molar-refractivity contribution in [1.29, 1.82) is 0 Å². The first-order valence-electron chi connectivity index (χ1n) is 8.03. The number of nitrogens with zero attached hydrogens (tertiary/aromatic N) is 4. The fourth-order valence-corrected chi connectivity index (χ4v) is 4.79. The van der Waals surface area contributed by atoms with E-state index in [1.54, 1.807) is 0 Å². The summed E-state index contributed by atoms with van der Waals surface area (Å²) in [6, 6.07) is 0. The molecule has 0 aliphatic carbocycles. The standard InChI is InChI=1S/C14H20N6O3S.ClH/c15-24(22,23)20-6-3-14(8-20)1-4-19(5-2-14)13-10-7-11(21)18-12(10)16-9-17-13;/h9H,1-8H2,(H2,15,22,23)(H,16,17,18,21);1H. The van der Waals surface area contributed by atoms with Gasteiger partial charge in [-0.25, -0.2) is 15.1 Å². The molecule has 3 aliphatic heterocycles. The summed E-state index contributed by atoms with van der Waals surface area (Å²) in [5, 5.41) is 8.00. The summed E-state index contributed by atoms with van der Waals surface area (Å²) in [4.78, 5) is 22.3. The second-order valence-corrected chi connectivity index (χ2v) is 8.41. The number of rotatable bonds is 2. The normalized spacial score (nSPS) is 22.6. The van der Waals surface area contributed by atoms with E-state index in [1.807, 2.05) is 0 Å². The van der Waals surface area contributed by atoms with Gasteiger partial charge in [0.2, 0.25) is 5.91 Å². The van der Waals surface area contributed by atoms with Gasteiger partial charge < -0.3 is 10.2 Å². The Bertz CT molecular complexity index is 794. The zero-order valence-electron chi connectivity index (χ0n) is 13.6. The van der Waals surface area contributed by atoms with Gasteiger partial charge in [-0.05, 0) is 24.7 Å². The van der Waals surface area contributed by atoms with E-state index >= 15 is 0 Å². The van der Waals surface area contributed by atoms with Gasteiger partial charge in [-0.2, -0.15) is 12.7 Å². The van der Waals surface area contributed by atoms with E-state index in [4.69, 9.17) is 5.14 Å². The van der Waals surface area contributed by atoms with Crippen LogP contribution in [-0.4, -0.2) is 54.8 Å². The number of anilines is 2. The smallest absolute Gasteiger partial charge is 0.276 e. The number of hydrogen-bond acceptors (Lipinski definition) is 6. The van der Waals surface area contributed by atoms with Crippen LogP contribution in [0.3, 0.4) is 0 Å². The van der Waals surface area contributed by atoms with Gasteiger partial charge in [0.05, 0.1) is 6.42 Å². The van der Waals surface area contributed by atoms with Gasteiger partial charge in [-0.15, -0.1) is 12.4 Å². The van der Waals surface area contributed by atoms with Crippen LogP contribution in [0.5, 0.6) is 0 Å². The maximum Gasteiger partial charge on any atom is 0.276 e. The number of halogens is 1. The molecule has 1 aromatic rings. The van der Waals surface area contributed by atoms with Crippen LogP contribution in [0.1, 0.15) is 24.8 Å². The Kier molecular flexibility index (Phi) is 4.65. The predicted octanol–water partition coefficient (Wildman–Crippen LogP) is -0.111. The van der Waals surface area contributed by atoms with Gasteiger partial charge in [-0.3, -0.25) is 4.79 Å². The Balaban J connectivity index is 0.00000182. The van der Waals surface area contributed by atoms with Gasteiger partial charge in [0.25, 0.3) is 10.2 Å². The average molecular weight is 389 g/mol. The lowest BCUT2D eigenvalue weighted by molar-refractivity contribution is -0.115. The van der Waals surface area contributed by atoms with Crippen molar-refractivity contribution in [3.63, 3.8) is 0 Å². The summed E-state index contributed by atoms with van der Waals surface area (Å²) in [5.41, 5.74) is 0.865. The molecule has 2 saturated heterocycles. The van der Waals surface area contributed by atoms with Gasteiger partial charge in [-0.1, -0.05) is 0 Å². The summed E-state index contributed by atoms with van der Waals surface area (Å²) >= 11 is 0. The van der Waals surface area contributed by atoms with Crippen LogP contribution in [0.25, 0.3) is 0 Å². The fourth-order valence-electron chi connectivity index (χ4n) is 4.00. The van der Waals surface area contributed by atoms with Crippen LogP contribution in [-0.2, 0) is 21.4 Å². The Hall–Kier alpha value is -1.49. The summed E-state index contributed by atoms with van der Waals surface area (Å²) in [6.45, 7) is 2.58. The van der Waals surface area contributed by atoms with Crippen LogP contribution in [0.2, 0.25) is 0 Å². The number of amides is 1. The Morgan fingerprint density at radius 3 is 2.48 bits per heavy atom. The molecule has 1 amide bonds. The number of aromatic nitrogens is 2. The van der Waals surface area contributed by atoms with Crippen molar-refractivity contribution < 1.29 is 13.2 Å². The highest BCUT2D eigenvalue weighted by atomic mass is 35.5. The van der Waals surface area contributed by atoms with Gasteiger partial charge in [0.15, 0.2) is 0 Å². The molecule has 0 bridgehead atoms. The van der Waals surface area contributed by atoms with Gasteiger partial charge in [0.1, 0.15) is 18.0 Å². The highest BCUT2D eigenvalue weighted by Gasteiger charge is 2.44. The Morgan fingerprint density at radius 1 is 1.16 bits per heavy atom. The number of hydrogen-bond donors (Lipinski definition) is 2. The minimum Gasteiger partial charge on any atom is -0.356 e. The number of nitrogens with two attached hydrogens (primary N) is 1. The topological polar surface area (TPSA) is 122 Å². The van der Waals surface area contributed by atoms with Crippen molar-refractivity contribution in [2.45, 2.75) is 25.7 Å². The number of fused-ring (bicyclic) bond motifs is 1. The van der Waals surface area contributed by atoms with Crippen LogP contribution >= 0.6 is 12.4 Å². The van der Waals surface area contributed by atoms with Gasteiger partial charge >= 0.3 is 0 Å². The summed E-state index contributed by atoms with van der Waals surface area (Å²) < 4.78 is 24.5. The highest BCUT2D eigenvalue weighted by Crippen LogP contribution is 2.42. The third-order valence-electron chi connectivity index (χ3n) is 5.40. The molecule has 0 unspecified atom stereocenters. The summed E-state index contributed by atoms with van der Waals surface area (Å²) in [6.07, 6.45) is 4.41. The molecular weight excluding hydrogens is 368 g/mol. The molecule has 1 aromatic heterocycles. The van der Waals surface area contributed by atoms with E-state index in [1.165, 1.54) is 10.6 Å². The van der Waals surface area contributed by atoms with E-state index < -0.39 is 10.2 Å². The third-order valence-corrected chi connectivity index (χ3v) is 6.44. The number of carbonyl (C=O) groups is 1. The zero-order valence-corrected chi connectivity index (χ0v) is 15.3. The average Bonchev–Trinajstić information content (AvgIpc) is 3.11. The SMILES string of the molecule is Cl.NS(=O)(=O)N1CCC2(CCN(c3ncnc4c3CC(=O)N4)CC2)C1. The Labute approximate surface area is 152 Å². The molecule has 2 fully saturated rings. The van der Waals surface area contributed by atoms with Crippen LogP contribution in [0, 0.1) is 5.41 Å². The first-order chi connectivity index (χ1) is 11.4. The lowest BCUT2D eigenvalue weighted by Gasteiger charge is -2.40. The molecule has 0 aromatic carbocycles. The molecule has 3 aliphatic rings. The molecule has 0 atom stereocenters. The number of nitrogens with one attached hydrogen (secondary N) is 1. The van der Waals surface area contributed by atoms with E-state index in [9.17, 15) is 13.2 Å². The van der Waals surface area contributed by atoms with E-state index in [0.717, 1.165) is 43.7 Å². The molecule has 3 N–H and O–H groups in total. The summed E-state index contributed by atoms with van der Waals surface area (Å²) in [5.74, 6) is 1.36. The van der Waals surface area contributed by atoms with Crippen LogP contribution in [0.15, 0.2) is 6.33 Å². The van der Waals surface area contributed by atoms with E-state index in [-0.39, 0.29) is 23.7 Å². The zero-order chi connectivity index (χ0) is 16.9. The second kappa shape index (κ2) is 6.35. The number of piperidine rings is 1. The van der Waals surface area contributed by atoms with Crippen molar-refractivity contribution in [3.05, 3.63) is 11.9 Å². The quantitative estimate of drug-likeness (QED) is 0.728. The van der Waals surface area contributed by atoms with Crippen LogP contribution < -0.4 is 15.4 Å². The number of carbonyl (C=O) groups excluding carboxylic acids is 1. The molecule has 0 radical (unpaired) electrons. The van der Waals surface area contributed by atoms with E-state index in [0.29, 0.717) is 25.3 Å². The molecule has 11 heteroatoms. The first kappa shape index (κ1) is 18.3. The van der Waals surface area contributed by atoms with E-state index in [2.05, 4.69) is 20.2 Å². The van der Waals surface area contributed by atoms with Crippen molar-refractivity contribution in [2.24, 2.45) is 10.6 Å². The molecule has 25 heavy (non-hydrogen) atoms. The largest absolute Gasteiger partial charge is 0.356 e. The van der Waals surface area contributed by atoms with Crippen molar-refractivity contribution >= 4 is 40.2 Å². The highest BCUT2D eigenvalue weighted by molar-refractivity contribution is 7.86. The third kappa shape index (κ3) is 3.31. The predicted molar refractivity (Wildman–Crippen MR) is 94.8 cm³/mol. The van der Waals surface area contributed by atoms with Crippen molar-refractivity contribution in [2.75, 3.05) is 36.4 Å². The van der Waals surface area contributed by atoms with Crippen molar-refractivity contribution in [3.8, 4) is 0 Å². The monoisotopic (exact) mass is 388 g/mol. The molecule has 138 valence electrons. The van der Waals surface area contributed by atoms with Gasteiger partial charge in [0, 0.05) is 31.7 Å². The minimum absolute atomic E-state index is 0. The van der Waals surface area contributed by atoms with Crippen LogP contribution in [0.4, 0.5) is 11.6 Å². The molecule has 1 spiro atoms.